The molecule has 27 heavy (non-hydrogen) atoms. The Kier molecular flexibility index (Phi) is 9.61. The topological polar surface area (TPSA) is 58.1 Å². The van der Waals surface area contributed by atoms with E-state index in [4.69, 9.17) is 14.5 Å². The second-order valence-electron chi connectivity index (χ2n) is 7.05. The van der Waals surface area contributed by atoms with Crippen LogP contribution < -0.4 is 15.5 Å². The summed E-state index contributed by atoms with van der Waals surface area (Å²) in [5.74, 6) is 0.907. The lowest BCUT2D eigenvalue weighted by Crippen LogP contribution is -2.49. The summed E-state index contributed by atoms with van der Waals surface area (Å²) in [4.78, 5) is 7.33. The van der Waals surface area contributed by atoms with E-state index in [1.165, 1.54) is 5.00 Å². The summed E-state index contributed by atoms with van der Waals surface area (Å²) in [5, 5.41) is 10.6. The van der Waals surface area contributed by atoms with Crippen LogP contribution in [0, 0.1) is 0 Å². The van der Waals surface area contributed by atoms with Crippen LogP contribution >= 0.6 is 35.3 Å². The van der Waals surface area contributed by atoms with Gasteiger partial charge in [-0.25, -0.2) is 0 Å². The molecule has 0 aromatic carbocycles. The van der Waals surface area contributed by atoms with E-state index in [0.29, 0.717) is 12.6 Å². The van der Waals surface area contributed by atoms with Gasteiger partial charge in [-0.3, -0.25) is 4.99 Å². The fourth-order valence-corrected chi connectivity index (χ4v) is 4.39. The van der Waals surface area contributed by atoms with Crippen molar-refractivity contribution in [1.29, 1.82) is 0 Å². The van der Waals surface area contributed by atoms with E-state index < -0.39 is 0 Å². The molecular formula is C19H33IN4O2S. The summed E-state index contributed by atoms with van der Waals surface area (Å²) in [5.41, 5.74) is -0.177. The highest BCUT2D eigenvalue weighted by Crippen LogP contribution is 2.26. The zero-order valence-corrected chi connectivity index (χ0v) is 19.6. The number of rotatable bonds is 6. The van der Waals surface area contributed by atoms with Gasteiger partial charge in [0, 0.05) is 58.8 Å². The zero-order chi connectivity index (χ0) is 18.2. The Morgan fingerprint density at radius 1 is 1.37 bits per heavy atom. The Morgan fingerprint density at radius 3 is 2.70 bits per heavy atom. The van der Waals surface area contributed by atoms with Gasteiger partial charge < -0.3 is 25.0 Å². The molecule has 2 fully saturated rings. The van der Waals surface area contributed by atoms with E-state index in [-0.39, 0.29) is 29.6 Å². The highest BCUT2D eigenvalue weighted by atomic mass is 127. The van der Waals surface area contributed by atoms with Crippen LogP contribution in [0.4, 0.5) is 5.00 Å². The number of thiophene rings is 1. The standard InChI is InChI=1S/C19H32N4O2S.HI/c1-3-20-18(21-15-19(24-2)8-12-25-13-9-19)22-16-6-10-23(11-7-16)17-5-4-14-26-17;/h4-5,14,16H,3,6-13,15H2,1-2H3,(H2,20,21,22);1H. The number of hydrogen-bond donors (Lipinski definition) is 2. The maximum absolute atomic E-state index is 5.80. The predicted molar refractivity (Wildman–Crippen MR) is 124 cm³/mol. The van der Waals surface area contributed by atoms with Gasteiger partial charge in [-0.1, -0.05) is 0 Å². The fourth-order valence-electron chi connectivity index (χ4n) is 3.60. The summed E-state index contributed by atoms with van der Waals surface area (Å²) in [6.45, 7) is 7.35. The van der Waals surface area contributed by atoms with E-state index in [2.05, 4.69) is 40.0 Å². The minimum absolute atomic E-state index is 0. The van der Waals surface area contributed by atoms with Crippen molar-refractivity contribution in [2.75, 3.05) is 51.4 Å². The lowest BCUT2D eigenvalue weighted by atomic mass is 9.94. The van der Waals surface area contributed by atoms with Crippen molar-refractivity contribution in [3.63, 3.8) is 0 Å². The normalized spacial score (nSPS) is 20.8. The molecule has 3 heterocycles. The molecule has 0 radical (unpaired) electrons. The number of hydrogen-bond acceptors (Lipinski definition) is 5. The first kappa shape index (κ1) is 22.7. The fraction of sp³-hybridized carbons (Fsp3) is 0.737. The van der Waals surface area contributed by atoms with Crippen molar-refractivity contribution in [3.8, 4) is 0 Å². The highest BCUT2D eigenvalue weighted by molar-refractivity contribution is 14.0. The SMILES string of the molecule is CCNC(=NCC1(OC)CCOCC1)NC1CCN(c2cccs2)CC1.I. The van der Waals surface area contributed by atoms with Crippen molar-refractivity contribution in [3.05, 3.63) is 17.5 Å². The monoisotopic (exact) mass is 508 g/mol. The van der Waals surface area contributed by atoms with Crippen molar-refractivity contribution in [2.24, 2.45) is 4.99 Å². The average Bonchev–Trinajstić information content (AvgIpc) is 3.22. The van der Waals surface area contributed by atoms with Crippen molar-refractivity contribution in [2.45, 2.75) is 44.2 Å². The van der Waals surface area contributed by atoms with Crippen LogP contribution in [0.25, 0.3) is 0 Å². The maximum Gasteiger partial charge on any atom is 0.191 e. The van der Waals surface area contributed by atoms with Crippen LogP contribution in [-0.2, 0) is 9.47 Å². The van der Waals surface area contributed by atoms with Gasteiger partial charge in [0.15, 0.2) is 5.96 Å². The Bertz CT molecular complexity index is 556. The molecule has 6 nitrogen and oxygen atoms in total. The van der Waals surface area contributed by atoms with Crippen LogP contribution in [0.3, 0.4) is 0 Å². The van der Waals surface area contributed by atoms with Crippen molar-refractivity contribution >= 4 is 46.3 Å². The first-order chi connectivity index (χ1) is 12.7. The molecule has 0 amide bonds. The van der Waals surface area contributed by atoms with E-state index in [0.717, 1.165) is 64.5 Å². The molecule has 0 atom stereocenters. The van der Waals surface area contributed by atoms with Crippen molar-refractivity contribution in [1.82, 2.24) is 10.6 Å². The lowest BCUT2D eigenvalue weighted by molar-refractivity contribution is -0.0828. The van der Waals surface area contributed by atoms with Gasteiger partial charge in [-0.2, -0.15) is 0 Å². The minimum atomic E-state index is -0.177. The molecule has 0 unspecified atom stereocenters. The molecule has 154 valence electrons. The number of anilines is 1. The maximum atomic E-state index is 5.80. The summed E-state index contributed by atoms with van der Waals surface area (Å²) < 4.78 is 11.3. The molecule has 3 rings (SSSR count). The van der Waals surface area contributed by atoms with E-state index in [1.807, 2.05) is 11.3 Å². The molecule has 1 aromatic rings. The number of aliphatic imine (C=N–C) groups is 1. The first-order valence-corrected chi connectivity index (χ1v) is 10.6. The lowest BCUT2D eigenvalue weighted by Gasteiger charge is -2.35. The molecule has 2 saturated heterocycles. The van der Waals surface area contributed by atoms with Crippen LogP contribution in [0.5, 0.6) is 0 Å². The first-order valence-electron chi connectivity index (χ1n) is 9.71. The molecule has 0 aliphatic carbocycles. The third-order valence-corrected chi connectivity index (χ3v) is 6.29. The largest absolute Gasteiger partial charge is 0.381 e. The molecule has 0 bridgehead atoms. The predicted octanol–water partition coefficient (Wildman–Crippen LogP) is 3.09. The van der Waals surface area contributed by atoms with Crippen LogP contribution in [-0.4, -0.2) is 64.1 Å². The third-order valence-electron chi connectivity index (χ3n) is 5.36. The minimum Gasteiger partial charge on any atom is -0.381 e. The van der Waals surface area contributed by atoms with Gasteiger partial charge in [0.25, 0.3) is 0 Å². The third kappa shape index (κ3) is 6.47. The summed E-state index contributed by atoms with van der Waals surface area (Å²) in [6.07, 6.45) is 4.08. The average molecular weight is 508 g/mol. The van der Waals surface area contributed by atoms with E-state index in [9.17, 15) is 0 Å². The van der Waals surface area contributed by atoms with Gasteiger partial charge in [-0.05, 0) is 37.3 Å². The Labute approximate surface area is 184 Å². The smallest absolute Gasteiger partial charge is 0.191 e. The van der Waals surface area contributed by atoms with E-state index in [1.54, 1.807) is 7.11 Å². The molecule has 0 saturated carbocycles. The van der Waals surface area contributed by atoms with E-state index >= 15 is 0 Å². The Balaban J connectivity index is 0.00000261. The molecule has 0 spiro atoms. The number of nitrogens with one attached hydrogen (secondary N) is 2. The second-order valence-corrected chi connectivity index (χ2v) is 7.98. The molecule has 2 N–H and O–H groups in total. The summed E-state index contributed by atoms with van der Waals surface area (Å²) in [6, 6.07) is 4.81. The highest BCUT2D eigenvalue weighted by Gasteiger charge is 2.32. The number of piperidine rings is 1. The summed E-state index contributed by atoms with van der Waals surface area (Å²) >= 11 is 1.82. The summed E-state index contributed by atoms with van der Waals surface area (Å²) in [7, 11) is 1.79. The van der Waals surface area contributed by atoms with Crippen LogP contribution in [0.1, 0.15) is 32.6 Å². The quantitative estimate of drug-likeness (QED) is 0.352. The van der Waals surface area contributed by atoms with Crippen LogP contribution in [0.2, 0.25) is 0 Å². The van der Waals surface area contributed by atoms with Gasteiger partial charge in [0.1, 0.15) is 0 Å². The van der Waals surface area contributed by atoms with Gasteiger partial charge in [0.2, 0.25) is 0 Å². The molecular weight excluding hydrogens is 475 g/mol. The molecule has 2 aliphatic heterocycles. The van der Waals surface area contributed by atoms with Crippen LogP contribution in [0.15, 0.2) is 22.5 Å². The molecule has 1 aromatic heterocycles. The Morgan fingerprint density at radius 2 is 2.11 bits per heavy atom. The number of guanidine groups is 1. The molecule has 8 heteroatoms. The molecule has 2 aliphatic rings. The number of ether oxygens (including phenoxy) is 2. The number of halogens is 1. The van der Waals surface area contributed by atoms with Gasteiger partial charge in [0.05, 0.1) is 17.1 Å². The zero-order valence-electron chi connectivity index (χ0n) is 16.4. The number of methoxy groups -OCH3 is 1. The second kappa shape index (κ2) is 11.4. The van der Waals surface area contributed by atoms with Crippen molar-refractivity contribution < 1.29 is 9.47 Å². The Hall–Kier alpha value is -0.580. The van der Waals surface area contributed by atoms with Gasteiger partial charge >= 0.3 is 0 Å². The van der Waals surface area contributed by atoms with Gasteiger partial charge in [-0.15, -0.1) is 35.3 Å². The number of nitrogens with zero attached hydrogens (tertiary/aromatic N) is 2.